The van der Waals surface area contributed by atoms with Crippen LogP contribution in [0, 0.1) is 11.3 Å². The average molecular weight is 328 g/mol. The fraction of sp³-hybridized carbons (Fsp3) is 0.250. The summed E-state index contributed by atoms with van der Waals surface area (Å²) in [6.45, 7) is 0.905. The van der Waals surface area contributed by atoms with E-state index in [0.717, 1.165) is 4.31 Å². The van der Waals surface area contributed by atoms with Gasteiger partial charge in [-0.3, -0.25) is 14.9 Å². The third-order valence-corrected chi connectivity index (χ3v) is 5.42. The van der Waals surface area contributed by atoms with Crippen LogP contribution >= 0.6 is 11.6 Å². The Bertz CT molecular complexity index is 769. The van der Waals surface area contributed by atoms with Crippen molar-refractivity contribution in [1.29, 1.82) is 5.26 Å². The van der Waals surface area contributed by atoms with E-state index in [0.29, 0.717) is 0 Å². The number of amides is 2. The number of rotatable bonds is 2. The van der Waals surface area contributed by atoms with E-state index in [1.54, 1.807) is 0 Å². The van der Waals surface area contributed by atoms with Gasteiger partial charge in [0.2, 0.25) is 21.8 Å². The van der Waals surface area contributed by atoms with Crippen LogP contribution in [0.4, 0.5) is 0 Å². The highest BCUT2D eigenvalue weighted by Crippen LogP contribution is 2.27. The molecular weight excluding hydrogens is 318 g/mol. The highest BCUT2D eigenvalue weighted by atomic mass is 35.5. The Balaban J connectivity index is 2.49. The molecule has 1 unspecified atom stereocenters. The molecule has 1 atom stereocenters. The average Bonchev–Trinajstić information content (AvgIpc) is 2.42. The Hall–Kier alpha value is -1.95. The van der Waals surface area contributed by atoms with Gasteiger partial charge in [-0.05, 0) is 25.1 Å². The molecule has 0 aliphatic carbocycles. The first-order valence-electron chi connectivity index (χ1n) is 5.82. The summed E-state index contributed by atoms with van der Waals surface area (Å²) in [7, 11) is -4.12. The molecule has 0 saturated carbocycles. The summed E-state index contributed by atoms with van der Waals surface area (Å²) in [5.41, 5.74) is 0.208. The molecule has 110 valence electrons. The topological polar surface area (TPSA) is 107 Å². The Labute approximate surface area is 126 Å². The molecule has 1 heterocycles. The molecule has 0 bridgehead atoms. The number of imide groups is 1. The third-order valence-electron chi connectivity index (χ3n) is 3.02. The molecule has 2 rings (SSSR count). The van der Waals surface area contributed by atoms with Crippen molar-refractivity contribution in [1.82, 2.24) is 9.62 Å². The van der Waals surface area contributed by atoms with E-state index < -0.39 is 34.4 Å². The van der Waals surface area contributed by atoms with Crippen LogP contribution in [0.15, 0.2) is 23.1 Å². The summed E-state index contributed by atoms with van der Waals surface area (Å²) in [6, 6.07) is 4.50. The maximum absolute atomic E-state index is 12.5. The lowest BCUT2D eigenvalue weighted by molar-refractivity contribution is -0.136. The number of piperazine rings is 1. The zero-order valence-corrected chi connectivity index (χ0v) is 12.4. The lowest BCUT2D eigenvalue weighted by Crippen LogP contribution is -2.58. The second kappa shape index (κ2) is 5.44. The number of hydrogen-bond acceptors (Lipinski definition) is 5. The summed E-state index contributed by atoms with van der Waals surface area (Å²) in [4.78, 5) is 22.7. The molecule has 9 heteroatoms. The number of sulfonamides is 1. The lowest BCUT2D eigenvalue weighted by atomic mass is 10.2. The van der Waals surface area contributed by atoms with Gasteiger partial charge < -0.3 is 0 Å². The summed E-state index contributed by atoms with van der Waals surface area (Å²) < 4.78 is 25.9. The minimum absolute atomic E-state index is 0.139. The van der Waals surface area contributed by atoms with Crippen LogP contribution in [0.2, 0.25) is 5.02 Å². The molecule has 1 aliphatic heterocycles. The van der Waals surface area contributed by atoms with E-state index in [4.69, 9.17) is 16.9 Å². The van der Waals surface area contributed by atoms with E-state index in [-0.39, 0.29) is 15.5 Å². The lowest BCUT2D eigenvalue weighted by Gasteiger charge is -2.30. The fourth-order valence-electron chi connectivity index (χ4n) is 1.89. The number of benzene rings is 1. The van der Waals surface area contributed by atoms with Crippen LogP contribution in [0.25, 0.3) is 0 Å². The first-order valence-corrected chi connectivity index (χ1v) is 7.64. The third kappa shape index (κ3) is 2.76. The highest BCUT2D eigenvalue weighted by molar-refractivity contribution is 7.89. The van der Waals surface area contributed by atoms with E-state index in [1.807, 2.05) is 6.07 Å². The number of nitrogens with zero attached hydrogens (tertiary/aromatic N) is 2. The smallest absolute Gasteiger partial charge is 0.245 e. The summed E-state index contributed by atoms with van der Waals surface area (Å²) in [5, 5.41) is 10.7. The van der Waals surface area contributed by atoms with Gasteiger partial charge in [-0.2, -0.15) is 9.57 Å². The van der Waals surface area contributed by atoms with Crippen LogP contribution in [0.1, 0.15) is 12.5 Å². The van der Waals surface area contributed by atoms with Crippen LogP contribution in [0.3, 0.4) is 0 Å². The van der Waals surface area contributed by atoms with Crippen molar-refractivity contribution in [3.8, 4) is 6.07 Å². The Morgan fingerprint density at radius 2 is 2.10 bits per heavy atom. The molecule has 7 nitrogen and oxygen atoms in total. The molecule has 1 aromatic rings. The predicted octanol–water partition coefficient (Wildman–Crippen LogP) is 0.247. The van der Waals surface area contributed by atoms with Gasteiger partial charge in [0.15, 0.2) is 0 Å². The Morgan fingerprint density at radius 3 is 2.67 bits per heavy atom. The maximum atomic E-state index is 12.5. The highest BCUT2D eigenvalue weighted by Gasteiger charge is 2.39. The minimum atomic E-state index is -4.12. The van der Waals surface area contributed by atoms with Crippen molar-refractivity contribution in [2.45, 2.75) is 17.9 Å². The molecule has 0 spiro atoms. The number of nitriles is 1. The van der Waals surface area contributed by atoms with Crippen LogP contribution in [-0.2, 0) is 19.6 Å². The molecule has 0 aromatic heterocycles. The molecular formula is C12H10ClN3O4S. The molecule has 2 amide bonds. The fourth-order valence-corrected chi connectivity index (χ4v) is 3.96. The normalized spacial score (nSPS) is 20.0. The number of carbonyl (C=O) groups excluding carboxylic acids is 2. The van der Waals surface area contributed by atoms with Crippen LogP contribution < -0.4 is 5.32 Å². The maximum Gasteiger partial charge on any atom is 0.245 e. The van der Waals surface area contributed by atoms with E-state index >= 15 is 0 Å². The number of carbonyl (C=O) groups is 2. The molecule has 1 saturated heterocycles. The standard InChI is InChI=1S/C12H10ClN3O4S/c1-7-12(18)15-11(17)6-16(7)21(19,20)10-3-2-8(5-14)4-9(10)13/h2-4,7H,6H2,1H3,(H,15,17,18). The zero-order chi connectivity index (χ0) is 15.8. The molecule has 1 aliphatic rings. The van der Waals surface area contributed by atoms with Gasteiger partial charge in [0.1, 0.15) is 10.9 Å². The summed E-state index contributed by atoms with van der Waals surface area (Å²) in [5.74, 6) is -1.40. The van der Waals surface area contributed by atoms with E-state index in [2.05, 4.69) is 5.32 Å². The number of halogens is 1. The SMILES string of the molecule is CC1C(=O)NC(=O)CN1S(=O)(=O)c1ccc(C#N)cc1Cl. The largest absolute Gasteiger partial charge is 0.294 e. The van der Waals surface area contributed by atoms with E-state index in [9.17, 15) is 18.0 Å². The molecule has 1 N–H and O–H groups in total. The van der Waals surface area contributed by atoms with Crippen molar-refractivity contribution in [2.75, 3.05) is 6.54 Å². The van der Waals surface area contributed by atoms with Crippen LogP contribution in [0.5, 0.6) is 0 Å². The van der Waals surface area contributed by atoms with Crippen molar-refractivity contribution in [3.63, 3.8) is 0 Å². The predicted molar refractivity (Wildman–Crippen MR) is 72.7 cm³/mol. The Morgan fingerprint density at radius 1 is 1.43 bits per heavy atom. The van der Waals surface area contributed by atoms with Crippen molar-refractivity contribution >= 4 is 33.4 Å². The van der Waals surface area contributed by atoms with Gasteiger partial charge in [0, 0.05) is 0 Å². The van der Waals surface area contributed by atoms with Crippen molar-refractivity contribution in [3.05, 3.63) is 28.8 Å². The molecule has 1 fully saturated rings. The van der Waals surface area contributed by atoms with Gasteiger partial charge in [-0.25, -0.2) is 8.42 Å². The second-order valence-corrected chi connectivity index (χ2v) is 6.66. The van der Waals surface area contributed by atoms with Gasteiger partial charge >= 0.3 is 0 Å². The van der Waals surface area contributed by atoms with Crippen molar-refractivity contribution < 1.29 is 18.0 Å². The number of hydrogen-bond donors (Lipinski definition) is 1. The van der Waals surface area contributed by atoms with Gasteiger partial charge in [0.05, 0.1) is 23.2 Å². The number of nitrogens with one attached hydrogen (secondary N) is 1. The molecule has 1 aromatic carbocycles. The van der Waals surface area contributed by atoms with Gasteiger partial charge in [0.25, 0.3) is 0 Å². The first-order chi connectivity index (χ1) is 9.77. The minimum Gasteiger partial charge on any atom is -0.294 e. The van der Waals surface area contributed by atoms with E-state index in [1.165, 1.54) is 25.1 Å². The van der Waals surface area contributed by atoms with Crippen molar-refractivity contribution in [2.24, 2.45) is 0 Å². The quantitative estimate of drug-likeness (QED) is 0.783. The monoisotopic (exact) mass is 327 g/mol. The van der Waals surface area contributed by atoms with Gasteiger partial charge in [-0.1, -0.05) is 11.6 Å². The van der Waals surface area contributed by atoms with Crippen LogP contribution in [-0.4, -0.2) is 37.1 Å². The zero-order valence-electron chi connectivity index (χ0n) is 10.8. The molecule has 0 radical (unpaired) electrons. The summed E-state index contributed by atoms with van der Waals surface area (Å²) in [6.07, 6.45) is 0. The Kier molecular flexibility index (Phi) is 4.00. The molecule has 21 heavy (non-hydrogen) atoms. The first kappa shape index (κ1) is 15.4. The second-order valence-electron chi connectivity index (χ2n) is 4.40. The van der Waals surface area contributed by atoms with Gasteiger partial charge in [-0.15, -0.1) is 0 Å². The summed E-state index contributed by atoms with van der Waals surface area (Å²) >= 11 is 5.89.